The van der Waals surface area contributed by atoms with E-state index in [2.05, 4.69) is 111 Å². The maximum absolute atomic E-state index is 12.1. The molecule has 0 heterocycles. The number of carbonyl (C=O) groups is 2. The maximum atomic E-state index is 12.1. The highest BCUT2D eigenvalue weighted by molar-refractivity contribution is 5.70. The molecule has 0 amide bonds. The van der Waals surface area contributed by atoms with Crippen molar-refractivity contribution in [1.29, 1.82) is 0 Å². The summed E-state index contributed by atoms with van der Waals surface area (Å²) in [6.07, 6.45) is 50.3. The van der Waals surface area contributed by atoms with E-state index in [-0.39, 0.29) is 25.2 Å². The first-order valence-electron chi connectivity index (χ1n) is 17.8. The molecule has 46 heavy (non-hydrogen) atoms. The Balaban J connectivity index is 3.74. The van der Waals surface area contributed by atoms with Gasteiger partial charge < -0.3 is 14.6 Å². The first-order chi connectivity index (χ1) is 22.6. The monoisotopic (exact) mass is 636 g/mol. The summed E-state index contributed by atoms with van der Waals surface area (Å²) in [6.45, 7) is 3.82. The van der Waals surface area contributed by atoms with E-state index < -0.39 is 6.10 Å². The van der Waals surface area contributed by atoms with Crippen LogP contribution < -0.4 is 0 Å². The van der Waals surface area contributed by atoms with Gasteiger partial charge in [0.25, 0.3) is 0 Å². The molecule has 0 aromatic rings. The van der Waals surface area contributed by atoms with Gasteiger partial charge in [-0.1, -0.05) is 124 Å². The van der Waals surface area contributed by atoms with Gasteiger partial charge in [0.05, 0.1) is 6.61 Å². The van der Waals surface area contributed by atoms with E-state index in [1.165, 1.54) is 0 Å². The molecular formula is C41H64O5. The van der Waals surface area contributed by atoms with E-state index in [4.69, 9.17) is 9.47 Å². The molecular weight excluding hydrogens is 572 g/mol. The van der Waals surface area contributed by atoms with Crippen molar-refractivity contribution < 1.29 is 24.2 Å². The lowest BCUT2D eigenvalue weighted by molar-refractivity contribution is -0.161. The quantitative estimate of drug-likeness (QED) is 0.0482. The van der Waals surface area contributed by atoms with Crippen LogP contribution in [-0.4, -0.2) is 36.4 Å². The van der Waals surface area contributed by atoms with E-state index in [1.807, 2.05) is 0 Å². The minimum atomic E-state index is -0.808. The summed E-state index contributed by atoms with van der Waals surface area (Å²) in [7, 11) is 0. The number of aliphatic hydroxyl groups excluding tert-OH is 1. The topological polar surface area (TPSA) is 72.8 Å². The van der Waals surface area contributed by atoms with Gasteiger partial charge in [0, 0.05) is 12.8 Å². The Morgan fingerprint density at radius 2 is 0.870 bits per heavy atom. The fraction of sp³-hybridized carbons (Fsp3) is 0.561. The zero-order valence-electron chi connectivity index (χ0n) is 29.0. The third-order valence-electron chi connectivity index (χ3n) is 6.87. The number of aliphatic hydroxyl groups is 1. The van der Waals surface area contributed by atoms with Crippen molar-refractivity contribution in [2.24, 2.45) is 0 Å². The number of hydrogen-bond acceptors (Lipinski definition) is 5. The highest BCUT2D eigenvalue weighted by Gasteiger charge is 2.15. The first-order valence-corrected chi connectivity index (χ1v) is 17.8. The fourth-order valence-electron chi connectivity index (χ4n) is 4.24. The molecule has 0 aliphatic rings. The van der Waals surface area contributed by atoms with E-state index in [9.17, 15) is 14.7 Å². The molecule has 1 atom stereocenters. The van der Waals surface area contributed by atoms with Crippen molar-refractivity contribution in [2.45, 2.75) is 136 Å². The zero-order chi connectivity index (χ0) is 33.6. The summed E-state index contributed by atoms with van der Waals surface area (Å²) >= 11 is 0. The number of carbonyl (C=O) groups excluding carboxylic acids is 2. The smallest absolute Gasteiger partial charge is 0.306 e. The number of unbranched alkanes of at least 4 members (excludes halogenated alkanes) is 6. The van der Waals surface area contributed by atoms with E-state index >= 15 is 0 Å². The average Bonchev–Trinajstić information content (AvgIpc) is 3.06. The van der Waals surface area contributed by atoms with Gasteiger partial charge in [-0.2, -0.15) is 0 Å². The molecule has 1 N–H and O–H groups in total. The van der Waals surface area contributed by atoms with Gasteiger partial charge in [-0.15, -0.1) is 0 Å². The maximum Gasteiger partial charge on any atom is 0.306 e. The third kappa shape index (κ3) is 33.7. The van der Waals surface area contributed by atoms with Crippen LogP contribution in [0.2, 0.25) is 0 Å². The van der Waals surface area contributed by atoms with Crippen molar-refractivity contribution in [3.63, 3.8) is 0 Å². The second-order valence-electron chi connectivity index (χ2n) is 11.2. The molecule has 5 heteroatoms. The van der Waals surface area contributed by atoms with Gasteiger partial charge in [-0.3, -0.25) is 9.59 Å². The molecule has 5 nitrogen and oxygen atoms in total. The molecule has 258 valence electrons. The molecule has 0 aromatic carbocycles. The summed E-state index contributed by atoms with van der Waals surface area (Å²) in [5, 5.41) is 9.52. The first kappa shape index (κ1) is 42.8. The van der Waals surface area contributed by atoms with Crippen LogP contribution in [0, 0.1) is 0 Å². The summed E-state index contributed by atoms with van der Waals surface area (Å²) in [5.41, 5.74) is 0. The minimum absolute atomic E-state index is 0.102. The Morgan fingerprint density at radius 1 is 0.500 bits per heavy atom. The highest BCUT2D eigenvalue weighted by Crippen LogP contribution is 2.09. The van der Waals surface area contributed by atoms with Crippen molar-refractivity contribution in [3.05, 3.63) is 97.2 Å². The predicted octanol–water partition coefficient (Wildman–Crippen LogP) is 10.9. The average molecular weight is 637 g/mol. The molecule has 0 bridgehead atoms. The van der Waals surface area contributed by atoms with E-state index in [0.29, 0.717) is 12.8 Å². The Morgan fingerprint density at radius 3 is 1.33 bits per heavy atom. The van der Waals surface area contributed by atoms with Crippen LogP contribution >= 0.6 is 0 Å². The molecule has 0 aliphatic carbocycles. The lowest BCUT2D eigenvalue weighted by Crippen LogP contribution is -2.28. The largest absolute Gasteiger partial charge is 0.462 e. The summed E-state index contributed by atoms with van der Waals surface area (Å²) in [6, 6.07) is 0. The number of rotatable bonds is 30. The molecule has 0 unspecified atom stereocenters. The molecule has 0 saturated carbocycles. The second-order valence-corrected chi connectivity index (χ2v) is 11.2. The zero-order valence-corrected chi connectivity index (χ0v) is 29.0. The molecule has 0 spiro atoms. The van der Waals surface area contributed by atoms with Crippen LogP contribution in [-0.2, 0) is 19.1 Å². The van der Waals surface area contributed by atoms with E-state index in [0.717, 1.165) is 103 Å². The van der Waals surface area contributed by atoms with Crippen LogP contribution in [0.15, 0.2) is 97.2 Å². The van der Waals surface area contributed by atoms with Crippen LogP contribution in [0.4, 0.5) is 0 Å². The predicted molar refractivity (Wildman–Crippen MR) is 195 cm³/mol. The van der Waals surface area contributed by atoms with Gasteiger partial charge in [0.15, 0.2) is 6.10 Å². The van der Waals surface area contributed by atoms with Crippen LogP contribution in [0.5, 0.6) is 0 Å². The standard InChI is InChI=1S/C41H64O5/c1-3-5-7-9-11-13-15-17-19-20-22-23-25-27-29-31-33-35-40(43)45-38-39(37-42)46-41(44)36-34-32-30-28-26-24-21-18-16-14-12-10-8-6-4-2/h5-8,11-14,17-19,21-23,26,28,39,42H,3-4,9-10,15-16,20,24-25,27,29-38H2,1-2H3/b7-5-,8-6-,13-11-,14-12-,19-17-,21-18-,23-22-,28-26-/t39-/m0/s1. The van der Waals surface area contributed by atoms with Crippen LogP contribution in [0.1, 0.15) is 129 Å². The molecule has 0 aromatic heterocycles. The molecule has 0 rings (SSSR count). The Kier molecular flexibility index (Phi) is 33.8. The number of esters is 2. The Bertz CT molecular complexity index is 948. The molecule has 0 saturated heterocycles. The Labute approximate surface area is 281 Å². The fourth-order valence-corrected chi connectivity index (χ4v) is 4.24. The van der Waals surface area contributed by atoms with Gasteiger partial charge in [0.2, 0.25) is 0 Å². The van der Waals surface area contributed by atoms with Crippen molar-refractivity contribution in [2.75, 3.05) is 13.2 Å². The second kappa shape index (κ2) is 36.3. The lowest BCUT2D eigenvalue weighted by atomic mass is 10.1. The van der Waals surface area contributed by atoms with Crippen LogP contribution in [0.25, 0.3) is 0 Å². The normalized spacial score (nSPS) is 13.4. The SMILES string of the molecule is CC/C=C\C/C=C\C/C=C\C/C=C\CCCCCCC(=O)OC[C@H](CO)OC(=O)CCCC/C=C\C/C=C\C/C=C\C/C=C\CC. The summed E-state index contributed by atoms with van der Waals surface area (Å²) < 4.78 is 10.5. The number of hydrogen-bond donors (Lipinski definition) is 1. The van der Waals surface area contributed by atoms with Crippen molar-refractivity contribution in [3.8, 4) is 0 Å². The minimum Gasteiger partial charge on any atom is -0.462 e. The summed E-state index contributed by atoms with van der Waals surface area (Å²) in [5.74, 6) is -0.681. The Hall–Kier alpha value is -3.18. The third-order valence-corrected chi connectivity index (χ3v) is 6.87. The van der Waals surface area contributed by atoms with Gasteiger partial charge in [0.1, 0.15) is 6.61 Å². The van der Waals surface area contributed by atoms with Gasteiger partial charge in [-0.25, -0.2) is 0 Å². The molecule has 0 aliphatic heterocycles. The van der Waals surface area contributed by atoms with Crippen molar-refractivity contribution >= 4 is 11.9 Å². The highest BCUT2D eigenvalue weighted by atomic mass is 16.6. The summed E-state index contributed by atoms with van der Waals surface area (Å²) in [4.78, 5) is 24.2. The lowest BCUT2D eigenvalue weighted by Gasteiger charge is -2.15. The number of ether oxygens (including phenoxy) is 2. The molecule has 0 fully saturated rings. The van der Waals surface area contributed by atoms with Gasteiger partial charge >= 0.3 is 11.9 Å². The van der Waals surface area contributed by atoms with Gasteiger partial charge in [-0.05, 0) is 89.9 Å². The van der Waals surface area contributed by atoms with Crippen molar-refractivity contribution in [1.82, 2.24) is 0 Å². The molecule has 0 radical (unpaired) electrons. The van der Waals surface area contributed by atoms with Crippen LogP contribution in [0.3, 0.4) is 0 Å². The van der Waals surface area contributed by atoms with E-state index in [1.54, 1.807) is 0 Å². The number of allylic oxidation sites excluding steroid dienone is 16.